The van der Waals surface area contributed by atoms with Gasteiger partial charge in [-0.25, -0.2) is 0 Å². The quantitative estimate of drug-likeness (QED) is 0.778. The number of piperidine rings is 1. The van der Waals surface area contributed by atoms with E-state index in [4.69, 9.17) is 5.73 Å². The first kappa shape index (κ1) is 14.3. The molecule has 2 nitrogen and oxygen atoms in total. The summed E-state index contributed by atoms with van der Waals surface area (Å²) in [6.07, 6.45) is 12.5. The molecule has 1 saturated carbocycles. The second-order valence-corrected chi connectivity index (χ2v) is 6.98. The van der Waals surface area contributed by atoms with Crippen LogP contribution in [-0.2, 0) is 0 Å². The summed E-state index contributed by atoms with van der Waals surface area (Å²) in [5.74, 6) is 0.754. The molecule has 18 heavy (non-hydrogen) atoms. The van der Waals surface area contributed by atoms with Crippen molar-refractivity contribution >= 4 is 0 Å². The van der Waals surface area contributed by atoms with Crippen LogP contribution in [0.2, 0.25) is 0 Å². The minimum Gasteiger partial charge on any atom is -0.326 e. The molecule has 106 valence electrons. The fourth-order valence-electron chi connectivity index (χ4n) is 3.93. The number of nitrogens with two attached hydrogens (primary N) is 1. The van der Waals surface area contributed by atoms with Gasteiger partial charge in [0.1, 0.15) is 0 Å². The van der Waals surface area contributed by atoms with E-state index in [0.29, 0.717) is 6.04 Å². The van der Waals surface area contributed by atoms with E-state index in [1.165, 1.54) is 70.9 Å². The number of likely N-dealkylation sites (tertiary alicyclic amines) is 1. The highest BCUT2D eigenvalue weighted by atomic mass is 15.2. The zero-order valence-corrected chi connectivity index (χ0v) is 12.5. The predicted octanol–water partition coefficient (Wildman–Crippen LogP) is 3.55. The van der Waals surface area contributed by atoms with Gasteiger partial charge in [0.25, 0.3) is 0 Å². The van der Waals surface area contributed by atoms with E-state index in [1.807, 2.05) is 0 Å². The second kappa shape index (κ2) is 6.38. The van der Waals surface area contributed by atoms with Gasteiger partial charge < -0.3 is 5.73 Å². The molecular weight excluding hydrogens is 220 g/mol. The molecule has 2 N–H and O–H groups in total. The van der Waals surface area contributed by atoms with Crippen LogP contribution in [0, 0.1) is 5.92 Å². The summed E-state index contributed by atoms with van der Waals surface area (Å²) < 4.78 is 0. The molecule has 1 aliphatic carbocycles. The van der Waals surface area contributed by atoms with E-state index in [1.54, 1.807) is 0 Å². The second-order valence-electron chi connectivity index (χ2n) is 6.98. The highest BCUT2D eigenvalue weighted by Crippen LogP contribution is 2.32. The van der Waals surface area contributed by atoms with Gasteiger partial charge in [0.05, 0.1) is 0 Å². The topological polar surface area (TPSA) is 29.3 Å². The molecule has 2 rings (SSSR count). The van der Waals surface area contributed by atoms with Gasteiger partial charge in [-0.05, 0) is 58.5 Å². The number of hydrogen-bond acceptors (Lipinski definition) is 2. The lowest BCUT2D eigenvalue weighted by atomic mass is 9.79. The van der Waals surface area contributed by atoms with Crippen LogP contribution in [0.25, 0.3) is 0 Å². The van der Waals surface area contributed by atoms with Crippen LogP contribution in [-0.4, -0.2) is 29.6 Å². The predicted molar refractivity (Wildman–Crippen MR) is 78.7 cm³/mol. The molecule has 2 heteroatoms. The van der Waals surface area contributed by atoms with E-state index >= 15 is 0 Å². The Morgan fingerprint density at radius 2 is 1.39 bits per heavy atom. The van der Waals surface area contributed by atoms with Crippen LogP contribution < -0.4 is 5.73 Å². The largest absolute Gasteiger partial charge is 0.326 e. The van der Waals surface area contributed by atoms with Gasteiger partial charge in [-0.15, -0.1) is 0 Å². The number of rotatable bonds is 3. The van der Waals surface area contributed by atoms with Crippen molar-refractivity contribution in [3.63, 3.8) is 0 Å². The van der Waals surface area contributed by atoms with E-state index < -0.39 is 0 Å². The van der Waals surface area contributed by atoms with Crippen molar-refractivity contribution < 1.29 is 0 Å². The molecule has 1 atom stereocenters. The summed E-state index contributed by atoms with van der Waals surface area (Å²) in [6, 6.07) is 0.355. The molecule has 0 radical (unpaired) electrons. The Morgan fingerprint density at radius 1 is 0.889 bits per heavy atom. The summed E-state index contributed by atoms with van der Waals surface area (Å²) in [7, 11) is 0. The van der Waals surface area contributed by atoms with Crippen LogP contribution in [0.1, 0.15) is 71.6 Å². The van der Waals surface area contributed by atoms with Crippen molar-refractivity contribution in [2.75, 3.05) is 13.1 Å². The summed E-state index contributed by atoms with van der Waals surface area (Å²) in [5, 5.41) is 0. The average Bonchev–Trinajstić information content (AvgIpc) is 2.67. The number of nitrogens with zero attached hydrogens (tertiary/aromatic N) is 1. The maximum Gasteiger partial charge on any atom is 0.0306 e. The molecule has 2 aliphatic rings. The van der Waals surface area contributed by atoms with Crippen LogP contribution in [0.15, 0.2) is 0 Å². The molecule has 1 unspecified atom stereocenters. The number of hydrogen-bond donors (Lipinski definition) is 1. The van der Waals surface area contributed by atoms with Gasteiger partial charge in [0.2, 0.25) is 0 Å². The molecular formula is C16H32N2. The Balaban J connectivity index is 1.97. The standard InChI is InChI=1S/C16H32N2/c1-16(2,18-12-8-5-9-13-18)15(17)14-10-6-3-4-7-11-14/h14-15H,3-13,17H2,1-2H3. The van der Waals surface area contributed by atoms with E-state index in [-0.39, 0.29) is 5.54 Å². The lowest BCUT2D eigenvalue weighted by molar-refractivity contribution is 0.0515. The molecule has 1 heterocycles. The van der Waals surface area contributed by atoms with E-state index in [2.05, 4.69) is 18.7 Å². The van der Waals surface area contributed by atoms with Gasteiger partial charge in [-0.3, -0.25) is 4.90 Å². The zero-order valence-electron chi connectivity index (χ0n) is 12.5. The third kappa shape index (κ3) is 3.27. The molecule has 0 aromatic heterocycles. The zero-order chi connectivity index (χ0) is 13.0. The van der Waals surface area contributed by atoms with E-state index in [0.717, 1.165) is 5.92 Å². The van der Waals surface area contributed by atoms with Gasteiger partial charge in [-0.2, -0.15) is 0 Å². The molecule has 0 aromatic rings. The molecule has 1 aliphatic heterocycles. The van der Waals surface area contributed by atoms with Gasteiger partial charge >= 0.3 is 0 Å². The molecule has 0 bridgehead atoms. The summed E-state index contributed by atoms with van der Waals surface area (Å²) in [4.78, 5) is 2.66. The Hall–Kier alpha value is -0.0800. The first-order chi connectivity index (χ1) is 8.62. The fraction of sp³-hybridized carbons (Fsp3) is 1.00. The summed E-state index contributed by atoms with van der Waals surface area (Å²) in [5.41, 5.74) is 6.87. The van der Waals surface area contributed by atoms with Gasteiger partial charge in [0, 0.05) is 11.6 Å². The van der Waals surface area contributed by atoms with Crippen molar-refractivity contribution in [3.8, 4) is 0 Å². The maximum atomic E-state index is 6.68. The minimum absolute atomic E-state index is 0.190. The average molecular weight is 252 g/mol. The SMILES string of the molecule is CC(C)(C(N)C1CCCCCC1)N1CCCCC1. The lowest BCUT2D eigenvalue weighted by Gasteiger charge is -2.47. The monoisotopic (exact) mass is 252 g/mol. The highest BCUT2D eigenvalue weighted by molar-refractivity contribution is 4.96. The Labute approximate surface area is 113 Å². The Kier molecular flexibility index (Phi) is 5.08. The Morgan fingerprint density at radius 3 is 1.94 bits per heavy atom. The highest BCUT2D eigenvalue weighted by Gasteiger charge is 2.37. The van der Waals surface area contributed by atoms with Crippen molar-refractivity contribution in [1.82, 2.24) is 4.90 Å². The van der Waals surface area contributed by atoms with Gasteiger partial charge in [-0.1, -0.05) is 32.1 Å². The van der Waals surface area contributed by atoms with E-state index in [9.17, 15) is 0 Å². The van der Waals surface area contributed by atoms with Crippen LogP contribution in [0.5, 0.6) is 0 Å². The lowest BCUT2D eigenvalue weighted by Crippen LogP contribution is -2.60. The first-order valence-corrected chi connectivity index (χ1v) is 8.13. The fourth-order valence-corrected chi connectivity index (χ4v) is 3.93. The van der Waals surface area contributed by atoms with Crippen molar-refractivity contribution in [2.45, 2.75) is 83.2 Å². The van der Waals surface area contributed by atoms with Crippen molar-refractivity contribution in [1.29, 1.82) is 0 Å². The Bertz CT molecular complexity index is 235. The molecule has 0 amide bonds. The molecule has 0 aromatic carbocycles. The van der Waals surface area contributed by atoms with Crippen LogP contribution in [0.3, 0.4) is 0 Å². The molecule has 1 saturated heterocycles. The normalized spacial score (nSPS) is 26.8. The third-order valence-corrected chi connectivity index (χ3v) is 5.39. The van der Waals surface area contributed by atoms with Crippen molar-refractivity contribution in [3.05, 3.63) is 0 Å². The minimum atomic E-state index is 0.190. The van der Waals surface area contributed by atoms with Crippen LogP contribution >= 0.6 is 0 Å². The third-order valence-electron chi connectivity index (χ3n) is 5.39. The first-order valence-electron chi connectivity index (χ1n) is 8.13. The van der Waals surface area contributed by atoms with Crippen molar-refractivity contribution in [2.24, 2.45) is 11.7 Å². The summed E-state index contributed by atoms with van der Waals surface area (Å²) >= 11 is 0. The van der Waals surface area contributed by atoms with Gasteiger partial charge in [0.15, 0.2) is 0 Å². The molecule has 0 spiro atoms. The molecule has 2 fully saturated rings. The maximum absolute atomic E-state index is 6.68. The smallest absolute Gasteiger partial charge is 0.0306 e. The summed E-state index contributed by atoms with van der Waals surface area (Å²) in [6.45, 7) is 7.28. The van der Waals surface area contributed by atoms with Crippen LogP contribution in [0.4, 0.5) is 0 Å².